The van der Waals surface area contributed by atoms with Gasteiger partial charge in [0.1, 0.15) is 5.75 Å². The van der Waals surface area contributed by atoms with Gasteiger partial charge in [-0.2, -0.15) is 0 Å². The van der Waals surface area contributed by atoms with Gasteiger partial charge in [-0.05, 0) is 23.6 Å². The van der Waals surface area contributed by atoms with Crippen molar-refractivity contribution in [3.8, 4) is 5.75 Å². The van der Waals surface area contributed by atoms with E-state index in [1.54, 1.807) is 47.4 Å². The number of hydrogen-bond donors (Lipinski definition) is 2. The van der Waals surface area contributed by atoms with Gasteiger partial charge >= 0.3 is 0 Å². The second-order valence-corrected chi connectivity index (χ2v) is 5.66. The first-order chi connectivity index (χ1) is 8.75. The van der Waals surface area contributed by atoms with E-state index in [1.165, 1.54) is 4.88 Å². The minimum Gasteiger partial charge on any atom is -0.506 e. The highest BCUT2D eigenvalue weighted by Crippen LogP contribution is 2.22. The third-order valence-corrected chi connectivity index (χ3v) is 4.28. The van der Waals surface area contributed by atoms with Crippen molar-refractivity contribution in [3.05, 3.63) is 46.7 Å². The topological polar surface area (TPSA) is 49.3 Å². The third kappa shape index (κ3) is 3.78. The molecule has 1 amide bonds. The SMILES string of the molecule is O=C(CSCc1cccs1)Nc1ccccc1O. The molecule has 5 heteroatoms. The maximum Gasteiger partial charge on any atom is 0.234 e. The molecule has 2 N–H and O–H groups in total. The Morgan fingerprint density at radius 1 is 1.28 bits per heavy atom. The van der Waals surface area contributed by atoms with Gasteiger partial charge in [0.15, 0.2) is 0 Å². The predicted molar refractivity (Wildman–Crippen MR) is 77.2 cm³/mol. The minimum atomic E-state index is -0.0990. The number of thiophene rings is 1. The number of phenols is 1. The van der Waals surface area contributed by atoms with Crippen molar-refractivity contribution in [2.45, 2.75) is 5.75 Å². The van der Waals surface area contributed by atoms with E-state index in [9.17, 15) is 9.90 Å². The molecular formula is C13H13NO2S2. The number of carbonyl (C=O) groups excluding carboxylic acids is 1. The molecular weight excluding hydrogens is 266 g/mol. The van der Waals surface area contributed by atoms with Crippen LogP contribution in [0.3, 0.4) is 0 Å². The van der Waals surface area contributed by atoms with Crippen LogP contribution in [-0.4, -0.2) is 16.8 Å². The zero-order valence-corrected chi connectivity index (χ0v) is 11.3. The van der Waals surface area contributed by atoms with Crippen LogP contribution in [0.2, 0.25) is 0 Å². The monoisotopic (exact) mass is 279 g/mol. The number of anilines is 1. The fourth-order valence-electron chi connectivity index (χ4n) is 1.40. The Morgan fingerprint density at radius 3 is 2.83 bits per heavy atom. The van der Waals surface area contributed by atoms with E-state index in [0.717, 1.165) is 5.75 Å². The molecule has 0 saturated carbocycles. The first kappa shape index (κ1) is 13.0. The smallest absolute Gasteiger partial charge is 0.234 e. The van der Waals surface area contributed by atoms with Crippen molar-refractivity contribution >= 4 is 34.7 Å². The van der Waals surface area contributed by atoms with Crippen LogP contribution in [0, 0.1) is 0 Å². The second-order valence-electron chi connectivity index (χ2n) is 3.64. The summed E-state index contributed by atoms with van der Waals surface area (Å²) in [5.41, 5.74) is 0.458. The highest BCUT2D eigenvalue weighted by Gasteiger charge is 2.06. The van der Waals surface area contributed by atoms with E-state index in [2.05, 4.69) is 11.4 Å². The molecule has 0 aliphatic carbocycles. The molecule has 0 aliphatic heterocycles. The Morgan fingerprint density at radius 2 is 2.11 bits per heavy atom. The van der Waals surface area contributed by atoms with Gasteiger partial charge in [0.2, 0.25) is 5.91 Å². The van der Waals surface area contributed by atoms with Crippen molar-refractivity contribution < 1.29 is 9.90 Å². The van der Waals surface area contributed by atoms with Gasteiger partial charge in [0.05, 0.1) is 11.4 Å². The zero-order valence-electron chi connectivity index (χ0n) is 9.63. The lowest BCUT2D eigenvalue weighted by molar-refractivity contribution is -0.113. The summed E-state index contributed by atoms with van der Waals surface area (Å²) < 4.78 is 0. The number of thioether (sulfide) groups is 1. The molecule has 0 spiro atoms. The molecule has 1 aromatic heterocycles. The number of carbonyl (C=O) groups is 1. The Hall–Kier alpha value is -1.46. The lowest BCUT2D eigenvalue weighted by atomic mass is 10.3. The zero-order chi connectivity index (χ0) is 12.8. The third-order valence-electron chi connectivity index (χ3n) is 2.24. The van der Waals surface area contributed by atoms with Crippen LogP contribution in [0.5, 0.6) is 5.75 Å². The number of aromatic hydroxyl groups is 1. The van der Waals surface area contributed by atoms with Crippen molar-refractivity contribution in [1.82, 2.24) is 0 Å². The molecule has 2 rings (SSSR count). The van der Waals surface area contributed by atoms with Gasteiger partial charge in [-0.15, -0.1) is 23.1 Å². The summed E-state index contributed by atoms with van der Waals surface area (Å²) in [6.45, 7) is 0. The molecule has 0 radical (unpaired) electrons. The fourth-order valence-corrected chi connectivity index (χ4v) is 3.07. The predicted octanol–water partition coefficient (Wildman–Crippen LogP) is 3.33. The van der Waals surface area contributed by atoms with Crippen molar-refractivity contribution in [2.24, 2.45) is 0 Å². The number of para-hydroxylation sites is 2. The summed E-state index contributed by atoms with van der Waals surface area (Å²) in [5, 5.41) is 14.2. The maximum absolute atomic E-state index is 11.7. The van der Waals surface area contributed by atoms with Gasteiger partial charge in [-0.3, -0.25) is 4.79 Å². The Bertz CT molecular complexity index is 511. The van der Waals surface area contributed by atoms with E-state index in [-0.39, 0.29) is 11.7 Å². The molecule has 0 atom stereocenters. The largest absolute Gasteiger partial charge is 0.506 e. The number of nitrogens with one attached hydrogen (secondary N) is 1. The average molecular weight is 279 g/mol. The lowest BCUT2D eigenvalue weighted by Gasteiger charge is -2.06. The number of rotatable bonds is 5. The van der Waals surface area contributed by atoms with Crippen LogP contribution in [0.15, 0.2) is 41.8 Å². The van der Waals surface area contributed by atoms with Crippen molar-refractivity contribution in [1.29, 1.82) is 0 Å². The standard InChI is InChI=1S/C13H13NO2S2/c15-12-6-2-1-5-11(12)14-13(16)9-17-8-10-4-3-7-18-10/h1-7,15H,8-9H2,(H,14,16). The molecule has 18 heavy (non-hydrogen) atoms. The van der Waals surface area contributed by atoms with Crippen molar-refractivity contribution in [3.63, 3.8) is 0 Å². The normalized spacial score (nSPS) is 10.2. The van der Waals surface area contributed by atoms with E-state index >= 15 is 0 Å². The molecule has 1 aromatic carbocycles. The first-order valence-electron chi connectivity index (χ1n) is 5.43. The molecule has 0 fully saturated rings. The second kappa shape index (κ2) is 6.47. The molecule has 0 aliphatic rings. The Balaban J connectivity index is 1.77. The number of phenolic OH excluding ortho intramolecular Hbond substituents is 1. The van der Waals surface area contributed by atoms with E-state index in [4.69, 9.17) is 0 Å². The average Bonchev–Trinajstić information content (AvgIpc) is 2.85. The Labute approximate surface area is 114 Å². The summed E-state index contributed by atoms with van der Waals surface area (Å²) in [6.07, 6.45) is 0. The highest BCUT2D eigenvalue weighted by molar-refractivity contribution is 7.99. The molecule has 0 saturated heterocycles. The fraction of sp³-hybridized carbons (Fsp3) is 0.154. The Kier molecular flexibility index (Phi) is 4.66. The number of amides is 1. The van der Waals surface area contributed by atoms with Crippen LogP contribution in [0.4, 0.5) is 5.69 Å². The molecule has 94 valence electrons. The van der Waals surface area contributed by atoms with E-state index in [1.807, 2.05) is 11.4 Å². The van der Waals surface area contributed by atoms with Crippen molar-refractivity contribution in [2.75, 3.05) is 11.1 Å². The summed E-state index contributed by atoms with van der Waals surface area (Å²) in [5.74, 6) is 1.21. The van der Waals surface area contributed by atoms with Crippen LogP contribution in [0.25, 0.3) is 0 Å². The molecule has 1 heterocycles. The van der Waals surface area contributed by atoms with Crippen LogP contribution in [-0.2, 0) is 10.5 Å². The first-order valence-corrected chi connectivity index (χ1v) is 7.47. The molecule has 0 unspecified atom stereocenters. The maximum atomic E-state index is 11.7. The molecule has 3 nitrogen and oxygen atoms in total. The van der Waals surface area contributed by atoms with Gasteiger partial charge in [-0.1, -0.05) is 18.2 Å². The summed E-state index contributed by atoms with van der Waals surface area (Å²) in [7, 11) is 0. The lowest BCUT2D eigenvalue weighted by Crippen LogP contribution is -2.14. The van der Waals surface area contributed by atoms with Crippen LogP contribution < -0.4 is 5.32 Å². The van der Waals surface area contributed by atoms with Gasteiger partial charge in [0.25, 0.3) is 0 Å². The minimum absolute atomic E-state index is 0.0918. The summed E-state index contributed by atoms with van der Waals surface area (Å²) >= 11 is 3.25. The van der Waals surface area contributed by atoms with Gasteiger partial charge in [0, 0.05) is 10.6 Å². The van der Waals surface area contributed by atoms with Gasteiger partial charge in [-0.25, -0.2) is 0 Å². The summed E-state index contributed by atoms with van der Waals surface area (Å²) in [4.78, 5) is 12.9. The molecule has 2 aromatic rings. The summed E-state index contributed by atoms with van der Waals surface area (Å²) in [6, 6.07) is 10.8. The quantitative estimate of drug-likeness (QED) is 0.825. The number of hydrogen-bond acceptors (Lipinski definition) is 4. The highest BCUT2D eigenvalue weighted by atomic mass is 32.2. The van der Waals surface area contributed by atoms with E-state index in [0.29, 0.717) is 11.4 Å². The van der Waals surface area contributed by atoms with E-state index < -0.39 is 0 Å². The number of benzene rings is 1. The molecule has 0 bridgehead atoms. The van der Waals surface area contributed by atoms with Crippen LogP contribution >= 0.6 is 23.1 Å². The van der Waals surface area contributed by atoms with Gasteiger partial charge < -0.3 is 10.4 Å². The van der Waals surface area contributed by atoms with Crippen LogP contribution in [0.1, 0.15) is 4.88 Å².